The molecule has 1 aliphatic heterocycles. The van der Waals surface area contributed by atoms with Gasteiger partial charge in [-0.2, -0.15) is 0 Å². The third-order valence-corrected chi connectivity index (χ3v) is 3.54. The quantitative estimate of drug-likeness (QED) is 0.741. The van der Waals surface area contributed by atoms with Gasteiger partial charge in [0, 0.05) is 27.9 Å². The van der Waals surface area contributed by atoms with Gasteiger partial charge in [-0.05, 0) is 45.8 Å². The molecular weight excluding hydrogens is 286 g/mol. The molecule has 1 aromatic carbocycles. The fourth-order valence-electron chi connectivity index (χ4n) is 1.58. The Labute approximate surface area is 109 Å². The minimum atomic E-state index is 0.748. The number of halogens is 2. The Morgan fingerprint density at radius 1 is 1.19 bits per heavy atom. The Balaban J connectivity index is 2.42. The summed E-state index contributed by atoms with van der Waals surface area (Å²) in [5, 5.41) is 0.748. The molecule has 2 rings (SSSR count). The Morgan fingerprint density at radius 2 is 1.81 bits per heavy atom. The zero-order valence-electron chi connectivity index (χ0n) is 8.87. The van der Waals surface area contributed by atoms with Gasteiger partial charge < -0.3 is 4.90 Å². The van der Waals surface area contributed by atoms with Crippen molar-refractivity contribution in [3.8, 4) is 0 Å². The zero-order chi connectivity index (χ0) is 11.7. The van der Waals surface area contributed by atoms with E-state index in [4.69, 9.17) is 11.6 Å². The summed E-state index contributed by atoms with van der Waals surface area (Å²) in [5.74, 6) is 0. The van der Waals surface area contributed by atoms with Crippen LogP contribution in [-0.2, 0) is 0 Å². The Morgan fingerprint density at radius 3 is 2.44 bits per heavy atom. The van der Waals surface area contributed by atoms with Crippen molar-refractivity contribution in [3.05, 3.63) is 63.8 Å². The lowest BCUT2D eigenvalue weighted by Gasteiger charge is -2.27. The van der Waals surface area contributed by atoms with Crippen LogP contribution in [0.1, 0.15) is 5.56 Å². The summed E-state index contributed by atoms with van der Waals surface area (Å²) in [5.41, 5.74) is 3.20. The van der Waals surface area contributed by atoms with Crippen molar-refractivity contribution in [1.82, 2.24) is 4.90 Å². The van der Waals surface area contributed by atoms with Crippen LogP contribution in [-0.4, -0.2) is 11.9 Å². The fourth-order valence-corrected chi connectivity index (χ4v) is 2.10. The van der Waals surface area contributed by atoms with Crippen LogP contribution in [0.25, 0.3) is 5.70 Å². The van der Waals surface area contributed by atoms with E-state index in [1.54, 1.807) is 0 Å². The summed E-state index contributed by atoms with van der Waals surface area (Å²) in [6.07, 6.45) is 4.06. The Bertz CT molecular complexity index is 485. The summed E-state index contributed by atoms with van der Waals surface area (Å²) in [7, 11) is 2.00. The maximum atomic E-state index is 5.87. The Hall–Kier alpha value is -0.990. The highest BCUT2D eigenvalue weighted by atomic mass is 79.9. The molecule has 0 amide bonds. The average Bonchev–Trinajstić information content (AvgIpc) is 2.28. The van der Waals surface area contributed by atoms with E-state index in [-0.39, 0.29) is 0 Å². The fraction of sp³-hybridized carbons (Fsp3) is 0.0769. The first-order valence-corrected chi connectivity index (χ1v) is 6.03. The monoisotopic (exact) mass is 295 g/mol. The third kappa shape index (κ3) is 2.08. The zero-order valence-corrected chi connectivity index (χ0v) is 11.2. The summed E-state index contributed by atoms with van der Waals surface area (Å²) in [6.45, 7) is 4.01. The van der Waals surface area contributed by atoms with Crippen molar-refractivity contribution in [1.29, 1.82) is 0 Å². The van der Waals surface area contributed by atoms with Crippen molar-refractivity contribution in [2.45, 2.75) is 0 Å². The molecule has 0 spiro atoms. The van der Waals surface area contributed by atoms with E-state index in [1.165, 1.54) is 0 Å². The second-order valence-corrected chi connectivity index (χ2v) is 4.87. The van der Waals surface area contributed by atoms with Crippen LogP contribution in [0.3, 0.4) is 0 Å². The van der Waals surface area contributed by atoms with E-state index in [1.807, 2.05) is 42.3 Å². The van der Waals surface area contributed by atoms with E-state index in [0.29, 0.717) is 0 Å². The molecule has 0 saturated heterocycles. The van der Waals surface area contributed by atoms with Gasteiger partial charge >= 0.3 is 0 Å². The predicted molar refractivity (Wildman–Crippen MR) is 73.3 cm³/mol. The number of nitrogens with zero attached hydrogens (tertiary/aromatic N) is 1. The van der Waals surface area contributed by atoms with Gasteiger partial charge in [0.1, 0.15) is 0 Å². The van der Waals surface area contributed by atoms with Gasteiger partial charge in [-0.1, -0.05) is 30.3 Å². The van der Waals surface area contributed by atoms with Crippen LogP contribution >= 0.6 is 27.5 Å². The van der Waals surface area contributed by atoms with Gasteiger partial charge in [0.2, 0.25) is 0 Å². The van der Waals surface area contributed by atoms with Gasteiger partial charge in [0.05, 0.1) is 0 Å². The van der Waals surface area contributed by atoms with E-state index < -0.39 is 0 Å². The molecule has 0 unspecified atom stereocenters. The van der Waals surface area contributed by atoms with Crippen LogP contribution in [0.4, 0.5) is 0 Å². The minimum absolute atomic E-state index is 0.748. The third-order valence-electron chi connectivity index (χ3n) is 2.57. The van der Waals surface area contributed by atoms with Crippen LogP contribution < -0.4 is 0 Å². The van der Waals surface area contributed by atoms with E-state index in [2.05, 4.69) is 28.6 Å². The van der Waals surface area contributed by atoms with E-state index in [9.17, 15) is 0 Å². The number of benzene rings is 1. The van der Waals surface area contributed by atoms with Crippen molar-refractivity contribution in [2.75, 3.05) is 7.05 Å². The number of hydrogen-bond acceptors (Lipinski definition) is 1. The van der Waals surface area contributed by atoms with Gasteiger partial charge in [-0.15, -0.1) is 0 Å². The molecule has 0 atom stereocenters. The first kappa shape index (κ1) is 11.5. The lowest BCUT2D eigenvalue weighted by Crippen LogP contribution is -2.17. The molecular formula is C13H11BrClN. The maximum Gasteiger partial charge on any atom is 0.0482 e. The van der Waals surface area contributed by atoms with E-state index in [0.717, 1.165) is 26.5 Å². The molecule has 0 fully saturated rings. The SMILES string of the molecule is C=C1C(Br)=CC=C(c2ccc(Cl)cc2)N1C. The van der Waals surface area contributed by atoms with Crippen molar-refractivity contribution in [3.63, 3.8) is 0 Å². The van der Waals surface area contributed by atoms with Crippen molar-refractivity contribution in [2.24, 2.45) is 0 Å². The van der Waals surface area contributed by atoms with Crippen LogP contribution in [0.2, 0.25) is 5.02 Å². The molecule has 0 aromatic heterocycles. The summed E-state index contributed by atoms with van der Waals surface area (Å²) in [6, 6.07) is 7.79. The van der Waals surface area contributed by atoms with Crippen molar-refractivity contribution >= 4 is 33.2 Å². The van der Waals surface area contributed by atoms with Crippen LogP contribution in [0.15, 0.2) is 53.2 Å². The van der Waals surface area contributed by atoms with Gasteiger partial charge in [0.25, 0.3) is 0 Å². The second kappa shape index (κ2) is 4.48. The molecule has 16 heavy (non-hydrogen) atoms. The molecule has 3 heteroatoms. The smallest absolute Gasteiger partial charge is 0.0482 e. The van der Waals surface area contributed by atoms with Crippen LogP contribution in [0.5, 0.6) is 0 Å². The first-order chi connectivity index (χ1) is 7.59. The topological polar surface area (TPSA) is 3.24 Å². The minimum Gasteiger partial charge on any atom is -0.344 e. The largest absolute Gasteiger partial charge is 0.344 e. The number of likely N-dealkylation sites (N-methyl/N-ethyl adjacent to an activating group) is 1. The van der Waals surface area contributed by atoms with Crippen LogP contribution in [0, 0.1) is 0 Å². The van der Waals surface area contributed by atoms with Crippen molar-refractivity contribution < 1.29 is 0 Å². The standard InChI is InChI=1S/C13H11BrClN/c1-9-12(14)7-8-13(16(9)2)10-3-5-11(15)6-4-10/h3-8H,1H2,2H3. The molecule has 1 aromatic rings. The second-order valence-electron chi connectivity index (χ2n) is 3.58. The lowest BCUT2D eigenvalue weighted by atomic mass is 10.1. The molecule has 1 aliphatic rings. The van der Waals surface area contributed by atoms with Gasteiger partial charge in [0.15, 0.2) is 0 Å². The molecule has 0 N–H and O–H groups in total. The summed E-state index contributed by atoms with van der Waals surface area (Å²) < 4.78 is 1.01. The molecule has 0 saturated carbocycles. The molecule has 0 bridgehead atoms. The summed E-state index contributed by atoms with van der Waals surface area (Å²) in [4.78, 5) is 2.05. The van der Waals surface area contributed by atoms with E-state index >= 15 is 0 Å². The Kier molecular flexibility index (Phi) is 3.22. The average molecular weight is 297 g/mol. The highest BCUT2D eigenvalue weighted by Crippen LogP contribution is 2.31. The number of allylic oxidation sites excluding steroid dienone is 3. The summed E-state index contributed by atoms with van der Waals surface area (Å²) >= 11 is 9.33. The molecule has 82 valence electrons. The first-order valence-electron chi connectivity index (χ1n) is 4.86. The predicted octanol–water partition coefficient (Wildman–Crippen LogP) is 4.42. The highest BCUT2D eigenvalue weighted by molar-refractivity contribution is 9.12. The molecule has 1 nitrogen and oxygen atoms in total. The highest BCUT2D eigenvalue weighted by Gasteiger charge is 2.15. The molecule has 0 radical (unpaired) electrons. The number of rotatable bonds is 1. The maximum absolute atomic E-state index is 5.87. The molecule has 0 aliphatic carbocycles. The molecule has 1 heterocycles. The van der Waals surface area contributed by atoms with Gasteiger partial charge in [-0.25, -0.2) is 0 Å². The van der Waals surface area contributed by atoms with Gasteiger partial charge in [-0.3, -0.25) is 0 Å². The lowest BCUT2D eigenvalue weighted by molar-refractivity contribution is 0.613. The normalized spacial score (nSPS) is 15.9. The number of hydrogen-bond donors (Lipinski definition) is 0.